The summed E-state index contributed by atoms with van der Waals surface area (Å²) in [6, 6.07) is 12.3. The molecule has 0 unspecified atom stereocenters. The van der Waals surface area contributed by atoms with Crippen molar-refractivity contribution in [3.05, 3.63) is 91.6 Å². The molecular formula is C20H16Cl2FN3O2. The molecular weight excluding hydrogens is 404 g/mol. The fraction of sp³-hybridized carbons (Fsp3) is 0.150. The van der Waals surface area contributed by atoms with E-state index in [4.69, 9.17) is 23.2 Å². The van der Waals surface area contributed by atoms with Crippen molar-refractivity contribution in [1.29, 1.82) is 0 Å². The molecule has 8 heteroatoms. The number of benzene rings is 2. The number of hydrogen-bond donors (Lipinski definition) is 0. The van der Waals surface area contributed by atoms with Crippen molar-refractivity contribution < 1.29 is 9.18 Å². The van der Waals surface area contributed by atoms with Gasteiger partial charge in [0.25, 0.3) is 5.91 Å². The molecule has 1 amide bonds. The second kappa shape index (κ2) is 8.12. The summed E-state index contributed by atoms with van der Waals surface area (Å²) < 4.78 is 15.4. The van der Waals surface area contributed by atoms with Crippen LogP contribution < -0.4 is 5.43 Å². The first-order valence-electron chi connectivity index (χ1n) is 8.34. The molecule has 0 saturated heterocycles. The molecule has 0 aliphatic heterocycles. The van der Waals surface area contributed by atoms with Gasteiger partial charge in [-0.25, -0.2) is 9.07 Å². The van der Waals surface area contributed by atoms with Gasteiger partial charge in [-0.15, -0.1) is 0 Å². The Balaban J connectivity index is 1.97. The number of amides is 1. The highest BCUT2D eigenvalue weighted by Gasteiger charge is 2.21. The highest BCUT2D eigenvalue weighted by Crippen LogP contribution is 2.26. The predicted octanol–water partition coefficient (Wildman–Crippen LogP) is 4.26. The van der Waals surface area contributed by atoms with Gasteiger partial charge in [-0.3, -0.25) is 9.59 Å². The molecule has 0 bridgehead atoms. The zero-order valence-corrected chi connectivity index (χ0v) is 16.6. The molecule has 0 spiro atoms. The van der Waals surface area contributed by atoms with Gasteiger partial charge in [0.1, 0.15) is 11.5 Å². The summed E-state index contributed by atoms with van der Waals surface area (Å²) in [5, 5.41) is 4.83. The van der Waals surface area contributed by atoms with Crippen LogP contribution in [0.1, 0.15) is 21.7 Å². The minimum absolute atomic E-state index is 0.132. The smallest absolute Gasteiger partial charge is 0.278 e. The van der Waals surface area contributed by atoms with Crippen LogP contribution in [-0.2, 0) is 6.54 Å². The van der Waals surface area contributed by atoms with Gasteiger partial charge >= 0.3 is 0 Å². The van der Waals surface area contributed by atoms with Gasteiger partial charge in [0.15, 0.2) is 5.69 Å². The summed E-state index contributed by atoms with van der Waals surface area (Å²) in [4.78, 5) is 26.5. The maximum absolute atomic E-state index is 14.2. The number of halogens is 3. The molecule has 28 heavy (non-hydrogen) atoms. The summed E-state index contributed by atoms with van der Waals surface area (Å²) in [5.41, 5.74) is 0.335. The van der Waals surface area contributed by atoms with E-state index >= 15 is 0 Å². The number of hydrogen-bond acceptors (Lipinski definition) is 3. The Bertz CT molecular complexity index is 1110. The number of carbonyl (C=O) groups excluding carboxylic acids is 1. The SMILES string of the molecule is Cc1cc(=O)c(C(=O)N(C)Cc2cccc(Cl)c2Cl)nn1-c1ccccc1F. The molecule has 3 aromatic rings. The molecule has 5 nitrogen and oxygen atoms in total. The lowest BCUT2D eigenvalue weighted by atomic mass is 10.2. The zero-order valence-electron chi connectivity index (χ0n) is 15.1. The largest absolute Gasteiger partial charge is 0.336 e. The van der Waals surface area contributed by atoms with E-state index in [2.05, 4.69) is 5.10 Å². The van der Waals surface area contributed by atoms with E-state index in [1.807, 2.05) is 0 Å². The third-order valence-corrected chi connectivity index (χ3v) is 5.03. The number of carbonyl (C=O) groups is 1. The molecule has 0 radical (unpaired) electrons. The zero-order chi connectivity index (χ0) is 20.4. The third kappa shape index (κ3) is 3.93. The van der Waals surface area contributed by atoms with E-state index < -0.39 is 17.2 Å². The molecule has 1 heterocycles. The van der Waals surface area contributed by atoms with Crippen molar-refractivity contribution in [1.82, 2.24) is 14.7 Å². The van der Waals surface area contributed by atoms with Crippen molar-refractivity contribution >= 4 is 29.1 Å². The van der Waals surface area contributed by atoms with E-state index in [9.17, 15) is 14.0 Å². The molecule has 144 valence electrons. The number of rotatable bonds is 4. The van der Waals surface area contributed by atoms with Crippen molar-refractivity contribution in [2.24, 2.45) is 0 Å². The van der Waals surface area contributed by atoms with Crippen LogP contribution >= 0.6 is 23.2 Å². The first-order chi connectivity index (χ1) is 13.3. The molecule has 0 fully saturated rings. The Hall–Kier alpha value is -2.70. The average Bonchev–Trinajstić information content (AvgIpc) is 2.66. The Morgan fingerprint density at radius 3 is 2.61 bits per heavy atom. The van der Waals surface area contributed by atoms with Gasteiger partial charge in [-0.1, -0.05) is 47.5 Å². The molecule has 1 aromatic heterocycles. The topological polar surface area (TPSA) is 55.2 Å². The van der Waals surface area contributed by atoms with Gasteiger partial charge < -0.3 is 4.90 Å². The van der Waals surface area contributed by atoms with Crippen molar-refractivity contribution in [3.8, 4) is 5.69 Å². The lowest BCUT2D eigenvalue weighted by molar-refractivity contribution is 0.0776. The third-order valence-electron chi connectivity index (χ3n) is 4.18. The molecule has 0 aliphatic rings. The lowest BCUT2D eigenvalue weighted by Gasteiger charge is -2.19. The van der Waals surface area contributed by atoms with E-state index in [1.165, 1.54) is 34.8 Å². The Morgan fingerprint density at radius 2 is 1.89 bits per heavy atom. The number of aromatic nitrogens is 2. The number of para-hydroxylation sites is 1. The van der Waals surface area contributed by atoms with E-state index in [1.54, 1.807) is 37.3 Å². The fourth-order valence-electron chi connectivity index (χ4n) is 2.74. The molecule has 2 aromatic carbocycles. The van der Waals surface area contributed by atoms with Gasteiger partial charge in [0.05, 0.1) is 10.0 Å². The summed E-state index contributed by atoms with van der Waals surface area (Å²) in [7, 11) is 1.52. The van der Waals surface area contributed by atoms with Crippen molar-refractivity contribution in [2.75, 3.05) is 7.05 Å². The molecule has 0 aliphatic carbocycles. The average molecular weight is 420 g/mol. The van der Waals surface area contributed by atoms with E-state index in [0.29, 0.717) is 21.3 Å². The highest BCUT2D eigenvalue weighted by atomic mass is 35.5. The maximum atomic E-state index is 14.2. The Labute approximate surface area is 170 Å². The van der Waals surface area contributed by atoms with Crippen molar-refractivity contribution in [3.63, 3.8) is 0 Å². The van der Waals surface area contributed by atoms with Crippen LogP contribution in [0.25, 0.3) is 5.69 Å². The fourth-order valence-corrected chi connectivity index (χ4v) is 3.12. The van der Waals surface area contributed by atoms with Gasteiger partial charge in [-0.2, -0.15) is 5.10 Å². The second-order valence-corrected chi connectivity index (χ2v) is 7.02. The number of nitrogens with zero attached hydrogens (tertiary/aromatic N) is 3. The summed E-state index contributed by atoms with van der Waals surface area (Å²) in [5.74, 6) is -1.12. The first-order valence-corrected chi connectivity index (χ1v) is 9.09. The lowest BCUT2D eigenvalue weighted by Crippen LogP contribution is -2.33. The predicted molar refractivity (Wildman–Crippen MR) is 107 cm³/mol. The van der Waals surface area contributed by atoms with E-state index in [0.717, 1.165) is 0 Å². The van der Waals surface area contributed by atoms with Crippen LogP contribution in [0.4, 0.5) is 4.39 Å². The van der Waals surface area contributed by atoms with Gasteiger partial charge in [-0.05, 0) is 30.7 Å². The van der Waals surface area contributed by atoms with Crippen molar-refractivity contribution in [2.45, 2.75) is 13.5 Å². The first kappa shape index (κ1) is 20.0. The maximum Gasteiger partial charge on any atom is 0.278 e. The molecule has 3 rings (SSSR count). The Kier molecular flexibility index (Phi) is 5.82. The molecule has 0 N–H and O–H groups in total. The highest BCUT2D eigenvalue weighted by molar-refractivity contribution is 6.42. The Morgan fingerprint density at radius 1 is 1.18 bits per heavy atom. The minimum Gasteiger partial charge on any atom is -0.336 e. The quantitative estimate of drug-likeness (QED) is 0.634. The van der Waals surface area contributed by atoms with Crippen LogP contribution in [-0.4, -0.2) is 27.6 Å². The minimum atomic E-state index is -0.605. The van der Waals surface area contributed by atoms with Gasteiger partial charge in [0.2, 0.25) is 5.43 Å². The van der Waals surface area contributed by atoms with Crippen LogP contribution in [0.3, 0.4) is 0 Å². The van der Waals surface area contributed by atoms with Gasteiger partial charge in [0, 0.05) is 25.4 Å². The summed E-state index contributed by atoms with van der Waals surface area (Å²) in [6.45, 7) is 1.75. The summed E-state index contributed by atoms with van der Waals surface area (Å²) >= 11 is 12.2. The molecule has 0 saturated carbocycles. The van der Waals surface area contributed by atoms with E-state index in [-0.39, 0.29) is 17.9 Å². The molecule has 0 atom stereocenters. The standard InChI is InChI=1S/C20H16Cl2FN3O2/c1-12-10-17(27)19(24-26(12)16-9-4-3-8-15(16)23)20(28)25(2)11-13-6-5-7-14(21)18(13)22/h3-10H,11H2,1-2H3. The second-order valence-electron chi connectivity index (χ2n) is 6.24. The number of aryl methyl sites for hydroxylation is 1. The van der Waals surface area contributed by atoms with Crippen LogP contribution in [0.2, 0.25) is 10.0 Å². The summed E-state index contributed by atoms with van der Waals surface area (Å²) in [6.07, 6.45) is 0. The monoisotopic (exact) mass is 419 g/mol. The normalized spacial score (nSPS) is 10.8. The van der Waals surface area contributed by atoms with Crippen LogP contribution in [0, 0.1) is 12.7 Å². The van der Waals surface area contributed by atoms with Crippen LogP contribution in [0.5, 0.6) is 0 Å². The van der Waals surface area contributed by atoms with Crippen LogP contribution in [0.15, 0.2) is 53.3 Å².